The number of para-hydroxylation sites is 2. The molecule has 3 rings (SSSR count). The van der Waals surface area contributed by atoms with Crippen LogP contribution in [-0.2, 0) is 16.1 Å². The predicted molar refractivity (Wildman–Crippen MR) is 122 cm³/mol. The largest absolute Gasteiger partial charge is 0.379 e. The molecule has 3 aromatic rings. The average molecular weight is 426 g/mol. The number of carbonyl (C=O) groups is 1. The highest BCUT2D eigenvalue weighted by molar-refractivity contribution is 8.00. The molecule has 6 nitrogen and oxygen atoms in total. The number of benzene rings is 2. The lowest BCUT2D eigenvalue weighted by atomic mass is 10.2. The summed E-state index contributed by atoms with van der Waals surface area (Å²) in [5.41, 5.74) is 1.28. The topological polar surface area (TPSA) is 73.2 Å². The van der Waals surface area contributed by atoms with E-state index in [1.165, 1.54) is 11.8 Å². The van der Waals surface area contributed by atoms with E-state index < -0.39 is 5.25 Å². The van der Waals surface area contributed by atoms with Crippen molar-refractivity contribution in [3.05, 3.63) is 65.0 Å². The molecular weight excluding hydrogens is 398 g/mol. The van der Waals surface area contributed by atoms with Crippen molar-refractivity contribution in [3.8, 4) is 0 Å². The van der Waals surface area contributed by atoms with Crippen LogP contribution in [0.5, 0.6) is 0 Å². The quantitative estimate of drug-likeness (QED) is 0.314. The van der Waals surface area contributed by atoms with Crippen LogP contribution < -0.4 is 10.9 Å². The number of fused-ring (bicyclic) bond motifs is 1. The molecule has 0 aliphatic heterocycles. The van der Waals surface area contributed by atoms with Gasteiger partial charge in [-0.3, -0.25) is 14.2 Å². The molecule has 0 aliphatic carbocycles. The van der Waals surface area contributed by atoms with Gasteiger partial charge in [-0.05, 0) is 51.5 Å². The molecule has 0 saturated heterocycles. The first-order valence-corrected chi connectivity index (χ1v) is 11.0. The van der Waals surface area contributed by atoms with E-state index in [0.717, 1.165) is 5.69 Å². The highest BCUT2D eigenvalue weighted by atomic mass is 32.2. The number of amides is 1. The Hall–Kier alpha value is -2.64. The van der Waals surface area contributed by atoms with Gasteiger partial charge in [-0.1, -0.05) is 42.1 Å². The first-order valence-electron chi connectivity index (χ1n) is 10.1. The summed E-state index contributed by atoms with van der Waals surface area (Å²) in [6, 6.07) is 16.6. The molecule has 0 saturated carbocycles. The number of anilines is 1. The van der Waals surface area contributed by atoms with Crippen LogP contribution in [-0.4, -0.2) is 33.4 Å². The number of hydrogen-bond acceptors (Lipinski definition) is 5. The second-order valence-electron chi connectivity index (χ2n) is 7.26. The molecule has 1 aromatic heterocycles. The normalized spacial score (nSPS) is 12.3. The van der Waals surface area contributed by atoms with Gasteiger partial charge in [0.15, 0.2) is 5.16 Å². The van der Waals surface area contributed by atoms with E-state index in [1.54, 1.807) is 10.6 Å². The number of aromatic nitrogens is 2. The van der Waals surface area contributed by atoms with Crippen LogP contribution in [0, 0.1) is 0 Å². The Kier molecular flexibility index (Phi) is 7.65. The van der Waals surface area contributed by atoms with Crippen LogP contribution in [0.2, 0.25) is 0 Å². The van der Waals surface area contributed by atoms with Crippen LogP contribution in [0.4, 0.5) is 5.69 Å². The summed E-state index contributed by atoms with van der Waals surface area (Å²) in [4.78, 5) is 30.4. The Morgan fingerprint density at radius 3 is 2.53 bits per heavy atom. The molecular formula is C23H27N3O3S. The minimum atomic E-state index is -0.420. The van der Waals surface area contributed by atoms with Gasteiger partial charge in [-0.2, -0.15) is 0 Å². The molecule has 30 heavy (non-hydrogen) atoms. The highest BCUT2D eigenvalue weighted by Crippen LogP contribution is 2.24. The lowest BCUT2D eigenvalue weighted by molar-refractivity contribution is -0.115. The molecule has 0 fully saturated rings. The van der Waals surface area contributed by atoms with Crippen molar-refractivity contribution in [1.82, 2.24) is 9.55 Å². The van der Waals surface area contributed by atoms with E-state index in [9.17, 15) is 9.59 Å². The molecule has 2 aromatic carbocycles. The highest BCUT2D eigenvalue weighted by Gasteiger charge is 2.19. The molecule has 0 spiro atoms. The van der Waals surface area contributed by atoms with Crippen LogP contribution in [0.25, 0.3) is 10.9 Å². The molecule has 1 amide bonds. The van der Waals surface area contributed by atoms with Gasteiger partial charge in [0.1, 0.15) is 0 Å². The van der Waals surface area contributed by atoms with E-state index in [2.05, 4.69) is 10.3 Å². The molecule has 1 heterocycles. The lowest BCUT2D eigenvalue weighted by Crippen LogP contribution is -2.27. The third-order valence-electron chi connectivity index (χ3n) is 4.50. The van der Waals surface area contributed by atoms with Gasteiger partial charge < -0.3 is 10.1 Å². The number of nitrogens with one attached hydrogen (secondary N) is 1. The zero-order valence-corrected chi connectivity index (χ0v) is 18.3. The molecule has 0 bridgehead atoms. The Bertz CT molecular complexity index is 1050. The lowest BCUT2D eigenvalue weighted by Gasteiger charge is -2.17. The standard InChI is InChI=1S/C23H27N3O3S/c1-16(2)29-15-9-14-26-22(28)19-12-7-8-13-20(19)25-23(26)30-17(3)21(27)24-18-10-5-4-6-11-18/h4-8,10-13,16-17H,9,14-15H2,1-3H3,(H,24,27)/t17-/m1/s1. The van der Waals surface area contributed by atoms with Gasteiger partial charge in [0.05, 0.1) is 22.3 Å². The van der Waals surface area contributed by atoms with Crippen LogP contribution >= 0.6 is 11.8 Å². The molecule has 7 heteroatoms. The fourth-order valence-corrected chi connectivity index (χ4v) is 3.89. The average Bonchev–Trinajstić information content (AvgIpc) is 2.73. The summed E-state index contributed by atoms with van der Waals surface area (Å²) in [7, 11) is 0. The monoisotopic (exact) mass is 425 g/mol. The van der Waals surface area contributed by atoms with Gasteiger partial charge in [0.25, 0.3) is 5.56 Å². The molecule has 0 unspecified atom stereocenters. The van der Waals surface area contributed by atoms with E-state index >= 15 is 0 Å². The van der Waals surface area contributed by atoms with E-state index in [4.69, 9.17) is 4.74 Å². The van der Waals surface area contributed by atoms with Gasteiger partial charge in [-0.25, -0.2) is 4.98 Å². The van der Waals surface area contributed by atoms with Crippen LogP contribution in [0.1, 0.15) is 27.2 Å². The summed E-state index contributed by atoms with van der Waals surface area (Å²) >= 11 is 1.29. The fraction of sp³-hybridized carbons (Fsp3) is 0.348. The maximum atomic E-state index is 13.1. The van der Waals surface area contributed by atoms with Crippen LogP contribution in [0.3, 0.4) is 0 Å². The molecule has 1 atom stereocenters. The first kappa shape index (κ1) is 22.1. The Morgan fingerprint density at radius 2 is 1.80 bits per heavy atom. The van der Waals surface area contributed by atoms with E-state index in [0.29, 0.717) is 35.6 Å². The Balaban J connectivity index is 1.82. The smallest absolute Gasteiger partial charge is 0.262 e. The van der Waals surface area contributed by atoms with Crippen molar-refractivity contribution in [2.75, 3.05) is 11.9 Å². The molecule has 158 valence electrons. The zero-order chi connectivity index (χ0) is 21.5. The summed E-state index contributed by atoms with van der Waals surface area (Å²) in [6.07, 6.45) is 0.836. The number of carbonyl (C=O) groups excluding carboxylic acids is 1. The summed E-state index contributed by atoms with van der Waals surface area (Å²) < 4.78 is 7.27. The molecule has 1 N–H and O–H groups in total. The summed E-state index contributed by atoms with van der Waals surface area (Å²) in [6.45, 7) is 6.83. The van der Waals surface area contributed by atoms with Crippen molar-refractivity contribution in [2.24, 2.45) is 0 Å². The summed E-state index contributed by atoms with van der Waals surface area (Å²) in [5, 5.41) is 3.60. The number of hydrogen-bond donors (Lipinski definition) is 1. The van der Waals surface area contributed by atoms with E-state index in [-0.39, 0.29) is 17.6 Å². The fourth-order valence-electron chi connectivity index (χ4n) is 2.95. The minimum Gasteiger partial charge on any atom is -0.379 e. The van der Waals surface area contributed by atoms with E-state index in [1.807, 2.05) is 69.3 Å². The zero-order valence-electron chi connectivity index (χ0n) is 17.5. The number of rotatable bonds is 9. The van der Waals surface area contributed by atoms with Crippen molar-refractivity contribution in [3.63, 3.8) is 0 Å². The minimum absolute atomic E-state index is 0.0942. The third-order valence-corrected chi connectivity index (χ3v) is 5.59. The predicted octanol–water partition coefficient (Wildman–Crippen LogP) is 4.33. The van der Waals surface area contributed by atoms with Crippen molar-refractivity contribution >= 4 is 34.3 Å². The number of thioether (sulfide) groups is 1. The third kappa shape index (κ3) is 5.70. The number of ether oxygens (including phenoxy) is 1. The van der Waals surface area contributed by atoms with Gasteiger partial charge in [0, 0.05) is 18.8 Å². The van der Waals surface area contributed by atoms with Crippen molar-refractivity contribution < 1.29 is 9.53 Å². The molecule has 0 radical (unpaired) electrons. The first-order chi connectivity index (χ1) is 14.5. The van der Waals surface area contributed by atoms with Gasteiger partial charge >= 0.3 is 0 Å². The second kappa shape index (κ2) is 10.4. The van der Waals surface area contributed by atoms with Crippen molar-refractivity contribution in [2.45, 2.75) is 50.2 Å². The SMILES string of the molecule is CC(C)OCCCn1c(S[C@H](C)C(=O)Nc2ccccc2)nc2ccccc2c1=O. The maximum absolute atomic E-state index is 13.1. The molecule has 0 aliphatic rings. The second-order valence-corrected chi connectivity index (χ2v) is 8.56. The number of nitrogens with zero attached hydrogens (tertiary/aromatic N) is 2. The van der Waals surface area contributed by atoms with Gasteiger partial charge in [0.2, 0.25) is 5.91 Å². The summed E-state index contributed by atoms with van der Waals surface area (Å²) in [5.74, 6) is -0.136. The van der Waals surface area contributed by atoms with Gasteiger partial charge in [-0.15, -0.1) is 0 Å². The Labute approximate surface area is 180 Å². The Morgan fingerprint density at radius 1 is 1.10 bits per heavy atom. The maximum Gasteiger partial charge on any atom is 0.262 e. The van der Waals surface area contributed by atoms with Crippen LogP contribution in [0.15, 0.2) is 64.5 Å². The van der Waals surface area contributed by atoms with Crippen molar-refractivity contribution in [1.29, 1.82) is 0 Å².